The second kappa shape index (κ2) is 8.75. The number of ether oxygens (including phenoxy) is 1. The first kappa shape index (κ1) is 21.0. The fourth-order valence-electron chi connectivity index (χ4n) is 2.71. The quantitative estimate of drug-likeness (QED) is 0.353. The van der Waals surface area contributed by atoms with E-state index in [1.807, 2.05) is 6.92 Å². The summed E-state index contributed by atoms with van der Waals surface area (Å²) in [6, 6.07) is 18.9. The third kappa shape index (κ3) is 4.81. The Balaban J connectivity index is 2.08. The molecule has 0 aliphatic carbocycles. The molecular formula is C21H19N3O5S. The van der Waals surface area contributed by atoms with Gasteiger partial charge in [0.2, 0.25) is 0 Å². The number of nitro groups is 1. The van der Waals surface area contributed by atoms with Crippen LogP contribution >= 0.6 is 0 Å². The van der Waals surface area contributed by atoms with Crippen molar-refractivity contribution in [3.05, 3.63) is 99.6 Å². The summed E-state index contributed by atoms with van der Waals surface area (Å²) in [5.41, 5.74) is 1.91. The predicted octanol–water partition coefficient (Wildman–Crippen LogP) is 3.64. The summed E-state index contributed by atoms with van der Waals surface area (Å²) in [5.74, 6) is 0.534. The number of rotatable bonds is 7. The lowest BCUT2D eigenvalue weighted by Gasteiger charge is -2.10. The number of benzene rings is 3. The zero-order valence-electron chi connectivity index (χ0n) is 16.3. The maximum absolute atomic E-state index is 12.7. The zero-order valence-corrected chi connectivity index (χ0v) is 17.1. The van der Waals surface area contributed by atoms with Crippen molar-refractivity contribution in [1.82, 2.24) is 4.83 Å². The van der Waals surface area contributed by atoms with Gasteiger partial charge in [-0.1, -0.05) is 42.0 Å². The fraction of sp³-hybridized carbons (Fsp3) is 0.0952. The largest absolute Gasteiger partial charge is 0.497 e. The first-order chi connectivity index (χ1) is 14.3. The van der Waals surface area contributed by atoms with Crippen LogP contribution in [0.1, 0.15) is 16.7 Å². The standard InChI is InChI=1S/C21H19N3O5S/c1-15-9-11-20(12-10-15)30(27,28)23-22-21(17-6-4-8-19(14-17)29-2)16-5-3-7-18(13-16)24(25)26/h3-14,23H,1-2H3/b22-21-. The molecule has 0 saturated heterocycles. The molecule has 0 aliphatic heterocycles. The number of aryl methyl sites for hydroxylation is 1. The Morgan fingerprint density at radius 2 is 1.63 bits per heavy atom. The van der Waals surface area contributed by atoms with Crippen LogP contribution in [-0.4, -0.2) is 26.2 Å². The van der Waals surface area contributed by atoms with Crippen LogP contribution in [0.2, 0.25) is 0 Å². The summed E-state index contributed by atoms with van der Waals surface area (Å²) < 4.78 is 30.5. The Bertz CT molecular complexity index is 1210. The van der Waals surface area contributed by atoms with Crippen LogP contribution in [-0.2, 0) is 10.0 Å². The number of nitrogens with zero attached hydrogens (tertiary/aromatic N) is 2. The average Bonchev–Trinajstić information content (AvgIpc) is 2.74. The van der Waals surface area contributed by atoms with E-state index in [1.54, 1.807) is 42.5 Å². The summed E-state index contributed by atoms with van der Waals surface area (Å²) in [6.07, 6.45) is 0. The Kier molecular flexibility index (Phi) is 6.12. The van der Waals surface area contributed by atoms with Crippen molar-refractivity contribution in [3.63, 3.8) is 0 Å². The van der Waals surface area contributed by atoms with Gasteiger partial charge < -0.3 is 4.74 Å². The summed E-state index contributed by atoms with van der Waals surface area (Å²) >= 11 is 0. The van der Waals surface area contributed by atoms with Gasteiger partial charge in [0.25, 0.3) is 15.7 Å². The molecule has 0 spiro atoms. The number of nitro benzene ring substituents is 1. The van der Waals surface area contributed by atoms with Crippen molar-refractivity contribution in [1.29, 1.82) is 0 Å². The number of nitrogens with one attached hydrogen (secondary N) is 1. The van der Waals surface area contributed by atoms with Crippen molar-refractivity contribution in [3.8, 4) is 5.75 Å². The van der Waals surface area contributed by atoms with Crippen LogP contribution in [0.4, 0.5) is 5.69 Å². The molecule has 8 nitrogen and oxygen atoms in total. The van der Waals surface area contributed by atoms with E-state index < -0.39 is 14.9 Å². The number of hydrogen-bond acceptors (Lipinski definition) is 6. The average molecular weight is 425 g/mol. The first-order valence-corrected chi connectivity index (χ1v) is 10.3. The lowest BCUT2D eigenvalue weighted by Crippen LogP contribution is -2.21. The van der Waals surface area contributed by atoms with Gasteiger partial charge in [-0.3, -0.25) is 10.1 Å². The minimum absolute atomic E-state index is 0.0564. The molecule has 0 heterocycles. The van der Waals surface area contributed by atoms with Gasteiger partial charge in [-0.15, -0.1) is 0 Å². The number of sulfonamides is 1. The lowest BCUT2D eigenvalue weighted by molar-refractivity contribution is -0.384. The summed E-state index contributed by atoms with van der Waals surface area (Å²) in [4.78, 5) is 12.9. The fourth-order valence-corrected chi connectivity index (χ4v) is 3.52. The number of methoxy groups -OCH3 is 1. The zero-order chi connectivity index (χ0) is 21.7. The maximum atomic E-state index is 12.7. The molecule has 0 radical (unpaired) electrons. The molecule has 0 amide bonds. The minimum Gasteiger partial charge on any atom is -0.497 e. The molecule has 0 fully saturated rings. The van der Waals surface area contributed by atoms with Gasteiger partial charge in [0.1, 0.15) is 5.75 Å². The van der Waals surface area contributed by atoms with Crippen molar-refractivity contribution >= 4 is 21.4 Å². The Hall–Kier alpha value is -3.72. The second-order valence-electron chi connectivity index (χ2n) is 6.41. The van der Waals surface area contributed by atoms with Crippen LogP contribution in [0, 0.1) is 17.0 Å². The first-order valence-electron chi connectivity index (χ1n) is 8.85. The van der Waals surface area contributed by atoms with Crippen molar-refractivity contribution in [2.24, 2.45) is 5.10 Å². The van der Waals surface area contributed by atoms with E-state index in [1.165, 1.54) is 37.4 Å². The Morgan fingerprint density at radius 3 is 2.27 bits per heavy atom. The van der Waals surface area contributed by atoms with E-state index in [0.717, 1.165) is 5.56 Å². The number of hydrogen-bond donors (Lipinski definition) is 1. The van der Waals surface area contributed by atoms with Gasteiger partial charge in [-0.25, -0.2) is 0 Å². The van der Waals surface area contributed by atoms with Crippen molar-refractivity contribution in [2.75, 3.05) is 7.11 Å². The summed E-state index contributed by atoms with van der Waals surface area (Å²) in [5, 5.41) is 15.3. The normalized spacial score (nSPS) is 11.7. The van der Waals surface area contributed by atoms with E-state index in [2.05, 4.69) is 9.93 Å². The maximum Gasteiger partial charge on any atom is 0.276 e. The summed E-state index contributed by atoms with van der Waals surface area (Å²) in [6.45, 7) is 1.85. The highest BCUT2D eigenvalue weighted by Gasteiger charge is 2.16. The molecule has 1 N–H and O–H groups in total. The van der Waals surface area contributed by atoms with Crippen LogP contribution in [0.15, 0.2) is 82.8 Å². The Labute approximate surface area is 174 Å². The molecule has 3 rings (SSSR count). The van der Waals surface area contributed by atoms with Crippen LogP contribution in [0.3, 0.4) is 0 Å². The molecule has 3 aromatic rings. The van der Waals surface area contributed by atoms with Crippen LogP contribution < -0.4 is 9.57 Å². The molecule has 0 atom stereocenters. The van der Waals surface area contributed by atoms with Gasteiger partial charge in [-0.05, 0) is 31.2 Å². The number of hydrazone groups is 1. The van der Waals surface area contributed by atoms with E-state index in [0.29, 0.717) is 16.9 Å². The molecule has 9 heteroatoms. The lowest BCUT2D eigenvalue weighted by atomic mass is 10.0. The molecular weight excluding hydrogens is 406 g/mol. The minimum atomic E-state index is -3.93. The van der Waals surface area contributed by atoms with Crippen molar-refractivity contribution in [2.45, 2.75) is 11.8 Å². The third-order valence-corrected chi connectivity index (χ3v) is 5.51. The van der Waals surface area contributed by atoms with Gasteiger partial charge in [0.05, 0.1) is 22.6 Å². The highest BCUT2D eigenvalue weighted by atomic mass is 32.2. The molecule has 0 aromatic heterocycles. The van der Waals surface area contributed by atoms with E-state index >= 15 is 0 Å². The van der Waals surface area contributed by atoms with Crippen LogP contribution in [0.5, 0.6) is 5.75 Å². The highest BCUT2D eigenvalue weighted by molar-refractivity contribution is 7.89. The molecule has 154 valence electrons. The summed E-state index contributed by atoms with van der Waals surface area (Å²) in [7, 11) is -2.43. The van der Waals surface area contributed by atoms with Crippen molar-refractivity contribution < 1.29 is 18.1 Å². The van der Waals surface area contributed by atoms with E-state index in [4.69, 9.17) is 4.74 Å². The molecule has 0 unspecified atom stereocenters. The Morgan fingerprint density at radius 1 is 1.00 bits per heavy atom. The molecule has 0 saturated carbocycles. The molecule has 0 bridgehead atoms. The highest BCUT2D eigenvalue weighted by Crippen LogP contribution is 2.21. The van der Waals surface area contributed by atoms with Gasteiger partial charge in [0, 0.05) is 23.3 Å². The number of non-ortho nitro benzene ring substituents is 1. The smallest absolute Gasteiger partial charge is 0.276 e. The second-order valence-corrected chi connectivity index (χ2v) is 8.07. The topological polar surface area (TPSA) is 111 Å². The van der Waals surface area contributed by atoms with Gasteiger partial charge in [-0.2, -0.15) is 18.4 Å². The third-order valence-electron chi connectivity index (χ3n) is 4.28. The predicted molar refractivity (Wildman–Crippen MR) is 113 cm³/mol. The van der Waals surface area contributed by atoms with Crippen LogP contribution in [0.25, 0.3) is 0 Å². The molecule has 0 aliphatic rings. The van der Waals surface area contributed by atoms with Gasteiger partial charge in [0.15, 0.2) is 0 Å². The monoisotopic (exact) mass is 425 g/mol. The SMILES string of the molecule is COc1cccc(/C(=N\NS(=O)(=O)c2ccc(C)cc2)c2cccc([N+](=O)[O-])c2)c1. The van der Waals surface area contributed by atoms with Gasteiger partial charge >= 0.3 is 0 Å². The van der Waals surface area contributed by atoms with E-state index in [-0.39, 0.29) is 16.3 Å². The molecule has 3 aromatic carbocycles. The molecule has 30 heavy (non-hydrogen) atoms. The van der Waals surface area contributed by atoms with E-state index in [9.17, 15) is 18.5 Å².